The number of aromatic nitrogens is 6. The van der Waals surface area contributed by atoms with Crippen LogP contribution in [0.2, 0.25) is 0 Å². The first-order valence-electron chi connectivity index (χ1n) is 28.5. The number of nitrogens with zero attached hydrogens (tertiary/aromatic N) is 8. The fourth-order valence-corrected chi connectivity index (χ4v) is 16.0. The summed E-state index contributed by atoms with van der Waals surface area (Å²) in [6.45, 7) is 0. The SMILES string of the molecule is O=P1(c2ccccc2)N(c2ccc3c(c2)c2ccccc2n3-c2ccccc2)c2ccc(-c3ccc4c(c3)c3ccccc3n4-c3nc(-c4ccccc4)nc(-c4ccccc4)n3)cc2N1c1ccc2c(c1)c1ccccc1n2-c1ccccc1. The monoisotopic (exact) mass is 1110 g/mol. The van der Waals surface area contributed by atoms with Gasteiger partial charge in [-0.1, -0.05) is 182 Å². The summed E-state index contributed by atoms with van der Waals surface area (Å²) in [5.74, 6) is 1.72. The first-order valence-corrected chi connectivity index (χ1v) is 30.2. The minimum atomic E-state index is -3.88. The van der Waals surface area contributed by atoms with Crippen LogP contribution < -0.4 is 14.6 Å². The van der Waals surface area contributed by atoms with Gasteiger partial charge in [-0.3, -0.25) is 18.5 Å². The number of fused-ring (bicyclic) bond motifs is 10. The van der Waals surface area contributed by atoms with Crippen LogP contribution >= 0.6 is 7.44 Å². The molecule has 0 fully saturated rings. The molecule has 16 aromatic rings. The van der Waals surface area contributed by atoms with Crippen molar-refractivity contribution < 1.29 is 4.57 Å². The Hall–Kier alpha value is -11.1. The van der Waals surface area contributed by atoms with Gasteiger partial charge in [0.2, 0.25) is 5.95 Å². The zero-order valence-electron chi connectivity index (χ0n) is 45.7. The minimum Gasteiger partial charge on any atom is -0.309 e. The van der Waals surface area contributed by atoms with Crippen molar-refractivity contribution in [3.8, 4) is 51.2 Å². The first kappa shape index (κ1) is 48.6. The molecule has 0 radical (unpaired) electrons. The van der Waals surface area contributed by atoms with Crippen molar-refractivity contribution >= 4 is 101 Å². The fourth-order valence-electron chi connectivity index (χ4n) is 13.0. The molecule has 0 aliphatic carbocycles. The van der Waals surface area contributed by atoms with Crippen LogP contribution in [0, 0.1) is 0 Å². The molecular weight excluding hydrogens is 1060 g/mol. The van der Waals surface area contributed by atoms with Crippen LogP contribution in [-0.4, -0.2) is 28.7 Å². The second kappa shape index (κ2) is 19.2. The average molecular weight is 1110 g/mol. The quantitative estimate of drug-likeness (QED) is 0.134. The maximum atomic E-state index is 17.7. The van der Waals surface area contributed by atoms with Gasteiger partial charge < -0.3 is 9.13 Å². The van der Waals surface area contributed by atoms with Crippen molar-refractivity contribution in [3.63, 3.8) is 0 Å². The van der Waals surface area contributed by atoms with E-state index in [9.17, 15) is 0 Å². The lowest BCUT2D eigenvalue weighted by Crippen LogP contribution is -2.26. The highest BCUT2D eigenvalue weighted by Crippen LogP contribution is 2.70. The molecule has 0 saturated carbocycles. The molecule has 1 aliphatic rings. The van der Waals surface area contributed by atoms with Gasteiger partial charge in [0.05, 0.1) is 61.2 Å². The van der Waals surface area contributed by atoms with E-state index in [1.807, 2.05) is 91.0 Å². The molecule has 0 amide bonds. The van der Waals surface area contributed by atoms with Gasteiger partial charge in [-0.15, -0.1) is 0 Å². The smallest absolute Gasteiger partial charge is 0.301 e. The largest absolute Gasteiger partial charge is 0.309 e. The van der Waals surface area contributed by atoms with Crippen LogP contribution in [0.4, 0.5) is 22.7 Å². The summed E-state index contributed by atoms with van der Waals surface area (Å²) in [6, 6.07) is 103. The predicted octanol–water partition coefficient (Wildman–Crippen LogP) is 19.0. The second-order valence-electron chi connectivity index (χ2n) is 21.6. The van der Waals surface area contributed by atoms with E-state index < -0.39 is 7.44 Å². The number of rotatable bonds is 9. The van der Waals surface area contributed by atoms with Crippen molar-refractivity contribution in [1.29, 1.82) is 0 Å². The van der Waals surface area contributed by atoms with Crippen molar-refractivity contribution in [2.24, 2.45) is 0 Å². The Morgan fingerprint density at radius 1 is 0.259 bits per heavy atom. The van der Waals surface area contributed by atoms with Gasteiger partial charge in [0.15, 0.2) is 11.6 Å². The molecule has 400 valence electrons. The van der Waals surface area contributed by atoms with Gasteiger partial charge in [0.25, 0.3) is 0 Å². The number of para-hydroxylation sites is 5. The molecule has 0 spiro atoms. The third kappa shape index (κ3) is 7.57. The Labute approximate surface area is 489 Å². The Morgan fingerprint density at radius 3 is 1.15 bits per heavy atom. The molecule has 10 heteroatoms. The molecule has 85 heavy (non-hydrogen) atoms. The maximum Gasteiger partial charge on any atom is 0.301 e. The molecule has 0 N–H and O–H groups in total. The summed E-state index contributed by atoms with van der Waals surface area (Å²) < 4.78 is 28.8. The zero-order chi connectivity index (χ0) is 56.2. The van der Waals surface area contributed by atoms with Crippen molar-refractivity contribution in [2.75, 3.05) is 9.34 Å². The Kier molecular flexibility index (Phi) is 11.0. The Morgan fingerprint density at radius 2 is 0.635 bits per heavy atom. The first-order chi connectivity index (χ1) is 42.0. The summed E-state index contributed by atoms with van der Waals surface area (Å²) in [7, 11) is -3.88. The standard InChI is InChI=1S/C75H49N8OP/c84-85(58-30-14-5-15-31-58)82(56-40-44-68-63(48-56)60-33-16-19-35-65(60)79(68)54-26-10-3-11-27-54)71-43-39-53(47-72(71)83(85)57-41-45-69-64(49-57)61-34-17-20-36-66(61)80(69)55-28-12-4-13-29-55)52-38-42-70-62(46-52)59-32-18-21-37-67(59)81(70)75-77-73(50-22-6-1-7-23-50)76-74(78-75)51-24-8-2-9-25-51/h1-49H. The van der Waals surface area contributed by atoms with E-state index in [2.05, 4.69) is 229 Å². The van der Waals surface area contributed by atoms with Crippen LogP contribution in [0.1, 0.15) is 0 Å². The van der Waals surface area contributed by atoms with Gasteiger partial charge in [0.1, 0.15) is 0 Å². The number of hydrogen-bond donors (Lipinski definition) is 0. The van der Waals surface area contributed by atoms with E-state index in [1.54, 1.807) is 0 Å². The van der Waals surface area contributed by atoms with Crippen LogP contribution in [0.3, 0.4) is 0 Å². The van der Waals surface area contributed by atoms with Crippen molar-refractivity contribution in [2.45, 2.75) is 0 Å². The van der Waals surface area contributed by atoms with Gasteiger partial charge in [-0.2, -0.15) is 9.97 Å². The third-order valence-electron chi connectivity index (χ3n) is 16.8. The van der Waals surface area contributed by atoms with E-state index >= 15 is 4.57 Å². The van der Waals surface area contributed by atoms with Gasteiger partial charge >= 0.3 is 7.44 Å². The highest BCUT2D eigenvalue weighted by molar-refractivity contribution is 7.76. The topological polar surface area (TPSA) is 77.0 Å². The lowest BCUT2D eigenvalue weighted by molar-refractivity contribution is 0.582. The molecule has 5 heterocycles. The molecule has 0 saturated heterocycles. The normalized spacial score (nSPS) is 14.2. The summed E-state index contributed by atoms with van der Waals surface area (Å²) in [5, 5.41) is 7.19. The molecule has 17 rings (SSSR count). The average Bonchev–Trinajstić information content (AvgIpc) is 1.74. The molecular formula is C75H49N8OP. The summed E-state index contributed by atoms with van der Waals surface area (Å²) >= 11 is 0. The van der Waals surface area contributed by atoms with Crippen LogP contribution in [-0.2, 0) is 4.57 Å². The van der Waals surface area contributed by atoms with Crippen molar-refractivity contribution in [1.82, 2.24) is 28.7 Å². The van der Waals surface area contributed by atoms with E-state index in [0.29, 0.717) is 22.9 Å². The van der Waals surface area contributed by atoms with E-state index in [1.165, 1.54) is 0 Å². The second-order valence-corrected chi connectivity index (χ2v) is 24.0. The zero-order valence-corrected chi connectivity index (χ0v) is 46.6. The minimum absolute atomic E-state index is 0.531. The molecule has 1 aliphatic heterocycles. The van der Waals surface area contributed by atoms with Crippen LogP contribution in [0.25, 0.3) is 117 Å². The Bertz CT molecular complexity index is 5300. The van der Waals surface area contributed by atoms with E-state index in [4.69, 9.17) is 15.0 Å². The van der Waals surface area contributed by atoms with Gasteiger partial charge in [-0.05, 0) is 126 Å². The van der Waals surface area contributed by atoms with Crippen LogP contribution in [0.5, 0.6) is 0 Å². The van der Waals surface area contributed by atoms with Crippen molar-refractivity contribution in [3.05, 3.63) is 297 Å². The maximum absolute atomic E-state index is 17.7. The molecule has 9 nitrogen and oxygen atoms in total. The Balaban J connectivity index is 0.890. The molecule has 12 aromatic carbocycles. The lowest BCUT2D eigenvalue weighted by Gasteiger charge is -2.33. The lowest BCUT2D eigenvalue weighted by atomic mass is 10.0. The summed E-state index contributed by atoms with van der Waals surface area (Å²) in [5.41, 5.74) is 15.5. The molecule has 0 bridgehead atoms. The molecule has 1 unspecified atom stereocenters. The summed E-state index contributed by atoms with van der Waals surface area (Å²) in [6.07, 6.45) is 0. The highest BCUT2D eigenvalue weighted by atomic mass is 31.2. The van der Waals surface area contributed by atoms with Gasteiger partial charge in [-0.25, -0.2) is 4.98 Å². The number of anilines is 4. The fraction of sp³-hybridized carbons (Fsp3) is 0. The third-order valence-corrected chi connectivity index (χ3v) is 19.7. The molecule has 4 aromatic heterocycles. The summed E-state index contributed by atoms with van der Waals surface area (Å²) in [4.78, 5) is 15.4. The number of benzene rings is 12. The predicted molar refractivity (Wildman–Crippen MR) is 350 cm³/mol. The van der Waals surface area contributed by atoms with E-state index in [-0.39, 0.29) is 0 Å². The number of hydrogen-bond acceptors (Lipinski definition) is 4. The van der Waals surface area contributed by atoms with Gasteiger partial charge in [0, 0.05) is 54.8 Å². The van der Waals surface area contributed by atoms with E-state index in [0.717, 1.165) is 122 Å². The molecule has 1 atom stereocenters. The highest BCUT2D eigenvalue weighted by Gasteiger charge is 2.49. The van der Waals surface area contributed by atoms with Crippen LogP contribution in [0.15, 0.2) is 297 Å².